The van der Waals surface area contributed by atoms with E-state index in [4.69, 9.17) is 14.5 Å². The van der Waals surface area contributed by atoms with E-state index in [1.807, 2.05) is 6.07 Å². The predicted octanol–water partition coefficient (Wildman–Crippen LogP) is 3.78. The van der Waals surface area contributed by atoms with Gasteiger partial charge in [-0.3, -0.25) is 4.79 Å². The SMILES string of the molecule is COC(=O)C(NC(=O)c1cc(-c2ccc(NC(=O)Nc3ccc(C#N)cc3)cc2)no1)C(C)C. The van der Waals surface area contributed by atoms with E-state index in [1.54, 1.807) is 62.4 Å². The number of anilines is 2. The Bertz CT molecular complexity index is 1210. The van der Waals surface area contributed by atoms with Crippen molar-refractivity contribution in [1.82, 2.24) is 10.5 Å². The zero-order chi connectivity index (χ0) is 24.7. The average molecular weight is 461 g/mol. The molecule has 1 atom stereocenters. The van der Waals surface area contributed by atoms with Gasteiger partial charge in [-0.25, -0.2) is 9.59 Å². The van der Waals surface area contributed by atoms with Gasteiger partial charge in [0.1, 0.15) is 11.7 Å². The number of amides is 3. The number of urea groups is 1. The van der Waals surface area contributed by atoms with Crippen LogP contribution in [0.3, 0.4) is 0 Å². The van der Waals surface area contributed by atoms with Crippen LogP contribution in [0.15, 0.2) is 59.1 Å². The van der Waals surface area contributed by atoms with Crippen molar-refractivity contribution in [3.63, 3.8) is 0 Å². The zero-order valence-electron chi connectivity index (χ0n) is 18.8. The number of carbonyl (C=O) groups excluding carboxylic acids is 3. The third kappa shape index (κ3) is 5.98. The van der Waals surface area contributed by atoms with Gasteiger partial charge in [0, 0.05) is 23.0 Å². The number of carbonyl (C=O) groups is 3. The second kappa shape index (κ2) is 10.8. The lowest BCUT2D eigenvalue weighted by Crippen LogP contribution is -2.44. The molecule has 0 fully saturated rings. The maximum Gasteiger partial charge on any atom is 0.328 e. The average Bonchev–Trinajstić information content (AvgIpc) is 3.33. The van der Waals surface area contributed by atoms with E-state index < -0.39 is 23.9 Å². The molecule has 0 spiro atoms. The summed E-state index contributed by atoms with van der Waals surface area (Å²) in [4.78, 5) is 36.5. The van der Waals surface area contributed by atoms with E-state index in [9.17, 15) is 14.4 Å². The van der Waals surface area contributed by atoms with E-state index in [0.717, 1.165) is 0 Å². The number of aromatic nitrogens is 1. The fourth-order valence-electron chi connectivity index (χ4n) is 3.00. The molecule has 0 radical (unpaired) electrons. The molecule has 1 unspecified atom stereocenters. The molecule has 3 aromatic rings. The third-order valence-electron chi connectivity index (χ3n) is 4.85. The molecular weight excluding hydrogens is 438 g/mol. The number of hydrogen-bond donors (Lipinski definition) is 3. The molecule has 1 aromatic heterocycles. The fourth-order valence-corrected chi connectivity index (χ4v) is 3.00. The van der Waals surface area contributed by atoms with Crippen LogP contribution in [0.1, 0.15) is 30.0 Å². The van der Waals surface area contributed by atoms with Crippen molar-refractivity contribution in [1.29, 1.82) is 5.26 Å². The molecule has 0 aliphatic rings. The van der Waals surface area contributed by atoms with Crippen LogP contribution in [0.4, 0.5) is 16.2 Å². The van der Waals surface area contributed by atoms with Crippen molar-refractivity contribution in [3.05, 3.63) is 65.9 Å². The lowest BCUT2D eigenvalue weighted by molar-refractivity contribution is -0.144. The maximum atomic E-state index is 12.5. The van der Waals surface area contributed by atoms with Crippen LogP contribution >= 0.6 is 0 Å². The highest BCUT2D eigenvalue weighted by atomic mass is 16.5. The number of rotatable bonds is 7. The second-order valence-electron chi connectivity index (χ2n) is 7.64. The Kier molecular flexibility index (Phi) is 7.61. The first kappa shape index (κ1) is 24.0. The van der Waals surface area contributed by atoms with Gasteiger partial charge in [-0.05, 0) is 42.3 Å². The van der Waals surface area contributed by atoms with E-state index in [2.05, 4.69) is 21.1 Å². The number of hydrogen-bond acceptors (Lipinski definition) is 7. The smallest absolute Gasteiger partial charge is 0.328 e. The molecule has 0 aliphatic heterocycles. The molecule has 1 heterocycles. The highest BCUT2D eigenvalue weighted by molar-refractivity contribution is 6.00. The van der Waals surface area contributed by atoms with Crippen molar-refractivity contribution < 1.29 is 23.6 Å². The zero-order valence-corrected chi connectivity index (χ0v) is 18.8. The molecule has 10 heteroatoms. The summed E-state index contributed by atoms with van der Waals surface area (Å²) in [6.07, 6.45) is 0. The Labute approximate surface area is 195 Å². The third-order valence-corrected chi connectivity index (χ3v) is 4.85. The Morgan fingerprint density at radius 2 is 1.59 bits per heavy atom. The number of nitrogens with zero attached hydrogens (tertiary/aromatic N) is 2. The summed E-state index contributed by atoms with van der Waals surface area (Å²) in [5, 5.41) is 20.7. The van der Waals surface area contributed by atoms with Gasteiger partial charge >= 0.3 is 12.0 Å². The van der Waals surface area contributed by atoms with Crippen LogP contribution in [0.2, 0.25) is 0 Å². The summed E-state index contributed by atoms with van der Waals surface area (Å²) < 4.78 is 9.86. The summed E-state index contributed by atoms with van der Waals surface area (Å²) in [6, 6.07) is 15.5. The number of esters is 1. The molecule has 174 valence electrons. The van der Waals surface area contributed by atoms with Gasteiger partial charge < -0.3 is 25.2 Å². The number of methoxy groups -OCH3 is 1. The van der Waals surface area contributed by atoms with Gasteiger partial charge in [-0.2, -0.15) is 5.26 Å². The predicted molar refractivity (Wildman–Crippen MR) is 124 cm³/mol. The van der Waals surface area contributed by atoms with Crippen molar-refractivity contribution in [2.75, 3.05) is 17.7 Å². The molecule has 0 saturated heterocycles. The van der Waals surface area contributed by atoms with Crippen LogP contribution in [0.5, 0.6) is 0 Å². The molecule has 0 saturated carbocycles. The molecule has 3 amide bonds. The van der Waals surface area contributed by atoms with Crippen molar-refractivity contribution in [2.24, 2.45) is 5.92 Å². The van der Waals surface area contributed by atoms with E-state index in [0.29, 0.717) is 28.2 Å². The van der Waals surface area contributed by atoms with E-state index >= 15 is 0 Å². The van der Waals surface area contributed by atoms with Gasteiger partial charge in [0.25, 0.3) is 5.91 Å². The van der Waals surface area contributed by atoms with Crippen molar-refractivity contribution in [2.45, 2.75) is 19.9 Å². The highest BCUT2D eigenvalue weighted by Crippen LogP contribution is 2.22. The molecule has 3 N–H and O–H groups in total. The second-order valence-corrected chi connectivity index (χ2v) is 7.64. The minimum absolute atomic E-state index is 0.0476. The highest BCUT2D eigenvalue weighted by Gasteiger charge is 2.27. The molecule has 0 bridgehead atoms. The molecular formula is C24H23N5O5. The van der Waals surface area contributed by atoms with E-state index in [-0.39, 0.29) is 11.7 Å². The normalized spacial score (nSPS) is 11.3. The minimum Gasteiger partial charge on any atom is -0.467 e. The number of nitrogens with one attached hydrogen (secondary N) is 3. The molecule has 34 heavy (non-hydrogen) atoms. The molecule has 10 nitrogen and oxygen atoms in total. The first-order valence-corrected chi connectivity index (χ1v) is 10.3. The van der Waals surface area contributed by atoms with Gasteiger partial charge in [-0.15, -0.1) is 0 Å². The first-order chi connectivity index (χ1) is 16.3. The van der Waals surface area contributed by atoms with Gasteiger partial charge in [0.2, 0.25) is 5.76 Å². The number of ether oxygens (including phenoxy) is 1. The molecule has 2 aromatic carbocycles. The molecule has 3 rings (SSSR count). The Hall–Kier alpha value is -4.65. The quantitative estimate of drug-likeness (QED) is 0.454. The van der Waals surface area contributed by atoms with Crippen LogP contribution < -0.4 is 16.0 Å². The summed E-state index contributed by atoms with van der Waals surface area (Å²) >= 11 is 0. The van der Waals surface area contributed by atoms with Gasteiger partial charge in [-0.1, -0.05) is 31.1 Å². The molecule has 0 aliphatic carbocycles. The number of benzene rings is 2. The van der Waals surface area contributed by atoms with Crippen LogP contribution in [-0.2, 0) is 9.53 Å². The van der Waals surface area contributed by atoms with E-state index in [1.165, 1.54) is 13.2 Å². The summed E-state index contributed by atoms with van der Waals surface area (Å²) in [5.41, 5.74) is 2.66. The van der Waals surface area contributed by atoms with Crippen LogP contribution in [0, 0.1) is 17.2 Å². The van der Waals surface area contributed by atoms with Gasteiger partial charge in [0.05, 0.1) is 18.7 Å². The van der Waals surface area contributed by atoms with Crippen molar-refractivity contribution in [3.8, 4) is 17.3 Å². The summed E-state index contributed by atoms with van der Waals surface area (Å²) in [6.45, 7) is 3.57. The Balaban J connectivity index is 1.61. The lowest BCUT2D eigenvalue weighted by atomic mass is 10.0. The maximum absolute atomic E-state index is 12.5. The Morgan fingerprint density at radius 1 is 1.00 bits per heavy atom. The minimum atomic E-state index is -0.813. The van der Waals surface area contributed by atoms with Crippen molar-refractivity contribution >= 4 is 29.3 Å². The van der Waals surface area contributed by atoms with Crippen LogP contribution in [-0.4, -0.2) is 36.2 Å². The Morgan fingerprint density at radius 3 is 2.12 bits per heavy atom. The lowest BCUT2D eigenvalue weighted by Gasteiger charge is -2.18. The standard InChI is InChI=1S/C24H23N5O5/c1-14(2)21(23(31)33-3)28-22(30)20-12-19(29-34-20)16-6-10-18(11-7-16)27-24(32)26-17-8-4-15(13-25)5-9-17/h4-12,14,21H,1-3H3,(H,28,30)(H2,26,27,32). The number of nitriles is 1. The van der Waals surface area contributed by atoms with Gasteiger partial charge in [0.15, 0.2) is 0 Å². The largest absolute Gasteiger partial charge is 0.467 e. The monoisotopic (exact) mass is 461 g/mol. The van der Waals surface area contributed by atoms with Crippen LogP contribution in [0.25, 0.3) is 11.3 Å². The topological polar surface area (TPSA) is 146 Å². The first-order valence-electron chi connectivity index (χ1n) is 10.3. The fraction of sp³-hybridized carbons (Fsp3) is 0.208. The summed E-state index contributed by atoms with van der Waals surface area (Å²) in [5.74, 6) is -1.35. The summed E-state index contributed by atoms with van der Waals surface area (Å²) in [7, 11) is 1.26.